The van der Waals surface area contributed by atoms with Crippen LogP contribution in [-0.4, -0.2) is 47.2 Å². The number of ether oxygens (including phenoxy) is 1. The molecule has 1 saturated heterocycles. The third kappa shape index (κ3) is 3.64. The second kappa shape index (κ2) is 6.63. The number of carbonyl (C=O) groups is 1. The summed E-state index contributed by atoms with van der Waals surface area (Å²) in [6, 6.07) is 5.47. The standard InChI is InChI=1S/C13H16BrNO3S/c1-18-12-3-2-9(6-10(12)14)7-15-4-5-19-8-11(15)13(16)17/h2-3,6,11H,4-5,7-8H2,1H3,(H,16,17). The second-order valence-corrected chi connectivity index (χ2v) is 6.37. The van der Waals surface area contributed by atoms with Crippen molar-refractivity contribution in [1.29, 1.82) is 0 Å². The zero-order chi connectivity index (χ0) is 13.8. The van der Waals surface area contributed by atoms with Crippen molar-refractivity contribution < 1.29 is 14.6 Å². The van der Waals surface area contributed by atoms with Crippen molar-refractivity contribution in [3.8, 4) is 5.75 Å². The van der Waals surface area contributed by atoms with E-state index in [1.165, 1.54) is 0 Å². The number of hydrogen-bond acceptors (Lipinski definition) is 4. The molecule has 2 rings (SSSR count). The number of hydrogen-bond donors (Lipinski definition) is 1. The lowest BCUT2D eigenvalue weighted by molar-refractivity contribution is -0.142. The molecule has 0 aromatic heterocycles. The molecule has 0 saturated carbocycles. The Morgan fingerprint density at radius 2 is 2.42 bits per heavy atom. The van der Waals surface area contributed by atoms with Crippen LogP contribution in [-0.2, 0) is 11.3 Å². The number of carboxylic acids is 1. The van der Waals surface area contributed by atoms with Gasteiger partial charge in [0.2, 0.25) is 0 Å². The predicted octanol–water partition coefficient (Wildman–Crippen LogP) is 2.46. The van der Waals surface area contributed by atoms with E-state index in [4.69, 9.17) is 4.74 Å². The van der Waals surface area contributed by atoms with Crippen molar-refractivity contribution in [3.63, 3.8) is 0 Å². The highest BCUT2D eigenvalue weighted by Crippen LogP contribution is 2.27. The van der Waals surface area contributed by atoms with Crippen LogP contribution in [0.4, 0.5) is 0 Å². The van der Waals surface area contributed by atoms with Gasteiger partial charge in [0, 0.05) is 24.6 Å². The van der Waals surface area contributed by atoms with Gasteiger partial charge >= 0.3 is 5.97 Å². The lowest BCUT2D eigenvalue weighted by Gasteiger charge is -2.32. The highest BCUT2D eigenvalue weighted by molar-refractivity contribution is 9.10. The topological polar surface area (TPSA) is 49.8 Å². The molecule has 1 aliphatic heterocycles. The Bertz CT molecular complexity index is 469. The van der Waals surface area contributed by atoms with Crippen molar-refractivity contribution in [2.24, 2.45) is 0 Å². The number of methoxy groups -OCH3 is 1. The van der Waals surface area contributed by atoms with Gasteiger partial charge in [-0.15, -0.1) is 0 Å². The maximum Gasteiger partial charge on any atom is 0.321 e. The number of halogens is 1. The number of thioether (sulfide) groups is 1. The second-order valence-electron chi connectivity index (χ2n) is 4.37. The molecule has 104 valence electrons. The van der Waals surface area contributed by atoms with E-state index in [-0.39, 0.29) is 6.04 Å². The van der Waals surface area contributed by atoms with E-state index in [1.807, 2.05) is 23.1 Å². The maximum atomic E-state index is 11.2. The van der Waals surface area contributed by atoms with E-state index in [1.54, 1.807) is 18.9 Å². The SMILES string of the molecule is COc1ccc(CN2CCSCC2C(=O)O)cc1Br. The fraction of sp³-hybridized carbons (Fsp3) is 0.462. The molecule has 1 N–H and O–H groups in total. The molecule has 4 nitrogen and oxygen atoms in total. The lowest BCUT2D eigenvalue weighted by Crippen LogP contribution is -2.46. The zero-order valence-corrected chi connectivity index (χ0v) is 13.0. The molecule has 0 bridgehead atoms. The molecule has 0 radical (unpaired) electrons. The first kappa shape index (κ1) is 14.7. The van der Waals surface area contributed by atoms with Gasteiger partial charge in [-0.1, -0.05) is 6.07 Å². The average Bonchev–Trinajstić information content (AvgIpc) is 2.39. The van der Waals surface area contributed by atoms with Crippen LogP contribution in [0.25, 0.3) is 0 Å². The summed E-state index contributed by atoms with van der Waals surface area (Å²) in [6.45, 7) is 1.46. The number of benzene rings is 1. The van der Waals surface area contributed by atoms with Gasteiger partial charge in [0.1, 0.15) is 11.8 Å². The molecule has 1 unspecified atom stereocenters. The van der Waals surface area contributed by atoms with Gasteiger partial charge in [-0.3, -0.25) is 9.69 Å². The summed E-state index contributed by atoms with van der Waals surface area (Å²) in [5.41, 5.74) is 1.09. The first-order valence-corrected chi connectivity index (χ1v) is 7.93. The largest absolute Gasteiger partial charge is 0.496 e. The van der Waals surface area contributed by atoms with Crippen LogP contribution in [0, 0.1) is 0 Å². The fourth-order valence-electron chi connectivity index (χ4n) is 2.10. The van der Waals surface area contributed by atoms with Gasteiger partial charge in [-0.05, 0) is 33.6 Å². The third-order valence-corrected chi connectivity index (χ3v) is 4.77. The molecule has 1 aromatic rings. The smallest absolute Gasteiger partial charge is 0.321 e. The average molecular weight is 346 g/mol. The Balaban J connectivity index is 2.10. The zero-order valence-electron chi connectivity index (χ0n) is 10.6. The quantitative estimate of drug-likeness (QED) is 0.908. The van der Waals surface area contributed by atoms with Gasteiger partial charge < -0.3 is 9.84 Å². The third-order valence-electron chi connectivity index (χ3n) is 3.13. The maximum absolute atomic E-state index is 11.2. The van der Waals surface area contributed by atoms with Crippen molar-refractivity contribution in [1.82, 2.24) is 4.90 Å². The van der Waals surface area contributed by atoms with Gasteiger partial charge in [0.15, 0.2) is 0 Å². The summed E-state index contributed by atoms with van der Waals surface area (Å²) in [7, 11) is 1.63. The number of aliphatic carboxylic acids is 1. The minimum Gasteiger partial charge on any atom is -0.496 e. The van der Waals surface area contributed by atoms with E-state index >= 15 is 0 Å². The van der Waals surface area contributed by atoms with Crippen molar-refractivity contribution in [2.75, 3.05) is 25.2 Å². The van der Waals surface area contributed by atoms with Crippen LogP contribution in [0.15, 0.2) is 22.7 Å². The van der Waals surface area contributed by atoms with Crippen LogP contribution in [0.1, 0.15) is 5.56 Å². The Hall–Kier alpha value is -0.720. The Kier molecular flexibility index (Phi) is 5.13. The molecule has 1 aromatic carbocycles. The Labute approximate surface area is 125 Å². The first-order chi connectivity index (χ1) is 9.11. The number of carboxylic acid groups (broad SMARTS) is 1. The molecule has 0 aliphatic carbocycles. The minimum atomic E-state index is -0.736. The summed E-state index contributed by atoms with van der Waals surface area (Å²) in [5.74, 6) is 1.70. The van der Waals surface area contributed by atoms with Crippen molar-refractivity contribution in [2.45, 2.75) is 12.6 Å². The summed E-state index contributed by atoms with van der Waals surface area (Å²) in [4.78, 5) is 13.3. The van der Waals surface area contributed by atoms with E-state index in [2.05, 4.69) is 15.9 Å². The molecule has 6 heteroatoms. The van der Waals surface area contributed by atoms with E-state index in [9.17, 15) is 9.90 Å². The number of rotatable bonds is 4. The normalized spacial score (nSPS) is 20.2. The van der Waals surface area contributed by atoms with Gasteiger partial charge in [-0.2, -0.15) is 11.8 Å². The summed E-state index contributed by atoms with van der Waals surface area (Å²) in [6.07, 6.45) is 0. The van der Waals surface area contributed by atoms with Gasteiger partial charge in [-0.25, -0.2) is 0 Å². The Morgan fingerprint density at radius 1 is 1.63 bits per heavy atom. The molecule has 19 heavy (non-hydrogen) atoms. The molecule has 0 spiro atoms. The molecule has 0 amide bonds. The van der Waals surface area contributed by atoms with Crippen LogP contribution < -0.4 is 4.74 Å². The lowest BCUT2D eigenvalue weighted by atomic mass is 10.1. The molecule has 1 heterocycles. The molecular weight excluding hydrogens is 330 g/mol. The van der Waals surface area contributed by atoms with E-state index < -0.39 is 5.97 Å². The van der Waals surface area contributed by atoms with Crippen molar-refractivity contribution >= 4 is 33.7 Å². The van der Waals surface area contributed by atoms with E-state index in [0.717, 1.165) is 28.1 Å². The summed E-state index contributed by atoms with van der Waals surface area (Å²) in [5, 5.41) is 9.24. The molecule has 1 atom stereocenters. The van der Waals surface area contributed by atoms with Crippen LogP contribution in [0.3, 0.4) is 0 Å². The summed E-state index contributed by atoms with van der Waals surface area (Å²) >= 11 is 5.16. The monoisotopic (exact) mass is 345 g/mol. The van der Waals surface area contributed by atoms with Crippen LogP contribution in [0.2, 0.25) is 0 Å². The molecule has 1 aliphatic rings. The Morgan fingerprint density at radius 3 is 3.05 bits per heavy atom. The highest BCUT2D eigenvalue weighted by Gasteiger charge is 2.28. The fourth-order valence-corrected chi connectivity index (χ4v) is 3.79. The molecular formula is C13H16BrNO3S. The predicted molar refractivity (Wildman–Crippen MR) is 79.9 cm³/mol. The molecule has 1 fully saturated rings. The first-order valence-electron chi connectivity index (χ1n) is 5.99. The van der Waals surface area contributed by atoms with Gasteiger partial charge in [0.25, 0.3) is 0 Å². The highest BCUT2D eigenvalue weighted by atomic mass is 79.9. The number of nitrogens with zero attached hydrogens (tertiary/aromatic N) is 1. The van der Waals surface area contributed by atoms with Crippen LogP contribution in [0.5, 0.6) is 5.75 Å². The van der Waals surface area contributed by atoms with Gasteiger partial charge in [0.05, 0.1) is 11.6 Å². The van der Waals surface area contributed by atoms with Crippen molar-refractivity contribution in [3.05, 3.63) is 28.2 Å². The van der Waals surface area contributed by atoms with E-state index in [0.29, 0.717) is 12.3 Å². The summed E-state index contributed by atoms with van der Waals surface area (Å²) < 4.78 is 6.09. The van der Waals surface area contributed by atoms with Crippen LogP contribution >= 0.6 is 27.7 Å². The minimum absolute atomic E-state index is 0.389.